The van der Waals surface area contributed by atoms with Crippen LogP contribution in [-0.4, -0.2) is 42.0 Å². The van der Waals surface area contributed by atoms with E-state index in [0.29, 0.717) is 22.0 Å². The van der Waals surface area contributed by atoms with Gasteiger partial charge in [-0.1, -0.05) is 30.3 Å². The quantitative estimate of drug-likeness (QED) is 0.279. The van der Waals surface area contributed by atoms with Crippen LogP contribution in [0.25, 0.3) is 10.9 Å². The number of fused-ring (bicyclic) bond motifs is 1. The highest BCUT2D eigenvalue weighted by Gasteiger charge is 2.48. The number of alkyl halides is 1. The van der Waals surface area contributed by atoms with E-state index < -0.39 is 28.8 Å². The van der Waals surface area contributed by atoms with Gasteiger partial charge in [0, 0.05) is 23.5 Å². The first-order valence-electron chi connectivity index (χ1n) is 10.7. The molecule has 1 aliphatic rings. The van der Waals surface area contributed by atoms with Crippen LogP contribution in [0.15, 0.2) is 77.9 Å². The molecule has 5 rings (SSSR count). The average molecular weight is 491 g/mol. The van der Waals surface area contributed by atoms with Crippen LogP contribution in [0, 0.1) is 0 Å². The molecular formula is C24H19ClN6O4. The van der Waals surface area contributed by atoms with Gasteiger partial charge in [0.05, 0.1) is 17.4 Å². The number of pyridine rings is 1. The van der Waals surface area contributed by atoms with Crippen molar-refractivity contribution < 1.29 is 14.7 Å². The fourth-order valence-corrected chi connectivity index (χ4v) is 4.26. The number of hydrogen-bond donors (Lipinski definition) is 3. The van der Waals surface area contributed by atoms with Crippen LogP contribution in [0.4, 0.5) is 0 Å². The standard InChI is InChI=1S/C24H19ClN6O4/c25-20-21(16-6-2-4-8-18(16)32)31(24(20)35)27-13-19-28-17-7-3-1-5-15(17)23(34)30(19)29-22(33)14-9-11-26-12-10-14/h1-12,20-21,27,32H,13H2,(H,29,33). The largest absolute Gasteiger partial charge is 0.508 e. The maximum Gasteiger partial charge on any atom is 0.280 e. The number of hydrazine groups is 1. The predicted molar refractivity (Wildman–Crippen MR) is 128 cm³/mol. The zero-order chi connectivity index (χ0) is 24.5. The van der Waals surface area contributed by atoms with E-state index >= 15 is 0 Å². The fraction of sp³-hybridized carbons (Fsp3) is 0.125. The van der Waals surface area contributed by atoms with Gasteiger partial charge in [-0.2, -0.15) is 0 Å². The minimum Gasteiger partial charge on any atom is -0.508 e. The van der Waals surface area contributed by atoms with Gasteiger partial charge in [0.2, 0.25) is 0 Å². The number of rotatable bonds is 6. The smallest absolute Gasteiger partial charge is 0.280 e. The molecular weight excluding hydrogens is 472 g/mol. The number of amides is 2. The zero-order valence-corrected chi connectivity index (χ0v) is 18.9. The summed E-state index contributed by atoms with van der Waals surface area (Å²) < 4.78 is 1.05. The molecule has 2 aromatic carbocycles. The lowest BCUT2D eigenvalue weighted by atomic mass is 9.94. The SMILES string of the molecule is O=C(Nn1c(CNN2C(=O)C(Cl)C2c2ccccc2O)nc2ccccc2c1=O)c1ccncc1. The summed E-state index contributed by atoms with van der Waals surface area (Å²) in [5.74, 6) is -0.748. The van der Waals surface area contributed by atoms with Gasteiger partial charge in [-0.15, -0.1) is 11.6 Å². The van der Waals surface area contributed by atoms with E-state index in [1.54, 1.807) is 42.5 Å². The van der Waals surface area contributed by atoms with Crippen LogP contribution < -0.4 is 16.4 Å². The number of β-lactam (4-membered cyclic amide) rings is 1. The Morgan fingerprint density at radius 1 is 1.03 bits per heavy atom. The molecule has 2 atom stereocenters. The lowest BCUT2D eigenvalue weighted by Crippen LogP contribution is -2.62. The van der Waals surface area contributed by atoms with Gasteiger partial charge in [-0.3, -0.25) is 29.8 Å². The Morgan fingerprint density at radius 3 is 2.51 bits per heavy atom. The predicted octanol–water partition coefficient (Wildman–Crippen LogP) is 2.08. The molecule has 1 aliphatic heterocycles. The van der Waals surface area contributed by atoms with E-state index in [9.17, 15) is 19.5 Å². The summed E-state index contributed by atoms with van der Waals surface area (Å²) >= 11 is 6.24. The second kappa shape index (κ2) is 9.16. The molecule has 0 spiro atoms. The first-order valence-corrected chi connectivity index (χ1v) is 11.1. The Kier molecular flexibility index (Phi) is 5.89. The monoisotopic (exact) mass is 490 g/mol. The molecule has 2 amide bonds. The second-order valence-electron chi connectivity index (χ2n) is 7.81. The van der Waals surface area contributed by atoms with E-state index in [1.807, 2.05) is 0 Å². The van der Waals surface area contributed by atoms with E-state index in [4.69, 9.17) is 11.6 Å². The van der Waals surface area contributed by atoms with E-state index in [2.05, 4.69) is 20.8 Å². The van der Waals surface area contributed by atoms with Gasteiger partial charge in [-0.25, -0.2) is 15.1 Å². The van der Waals surface area contributed by atoms with Gasteiger partial charge in [0.15, 0.2) is 0 Å². The molecule has 0 saturated carbocycles. The highest BCUT2D eigenvalue weighted by molar-refractivity contribution is 6.33. The first-order chi connectivity index (χ1) is 17.0. The van der Waals surface area contributed by atoms with Crippen molar-refractivity contribution in [3.8, 4) is 5.75 Å². The minimum atomic E-state index is -0.867. The van der Waals surface area contributed by atoms with E-state index in [0.717, 1.165) is 4.68 Å². The molecule has 1 saturated heterocycles. The summed E-state index contributed by atoms with van der Waals surface area (Å²) in [6.45, 7) is -0.0872. The lowest BCUT2D eigenvalue weighted by Gasteiger charge is -2.44. The summed E-state index contributed by atoms with van der Waals surface area (Å²) in [6.07, 6.45) is 2.94. The third-order valence-electron chi connectivity index (χ3n) is 5.69. The Balaban J connectivity index is 1.47. The van der Waals surface area contributed by atoms with Crippen molar-refractivity contribution in [3.63, 3.8) is 0 Å². The molecule has 2 aromatic heterocycles. The van der Waals surface area contributed by atoms with Crippen molar-refractivity contribution in [2.45, 2.75) is 18.0 Å². The third kappa shape index (κ3) is 4.09. The van der Waals surface area contributed by atoms with Crippen molar-refractivity contribution in [2.75, 3.05) is 5.43 Å². The van der Waals surface area contributed by atoms with Crippen LogP contribution in [-0.2, 0) is 11.3 Å². The molecule has 0 aliphatic carbocycles. The summed E-state index contributed by atoms with van der Waals surface area (Å²) in [4.78, 5) is 46.9. The van der Waals surface area contributed by atoms with Crippen LogP contribution in [0.1, 0.15) is 27.8 Å². The summed E-state index contributed by atoms with van der Waals surface area (Å²) in [5, 5.41) is 11.0. The Morgan fingerprint density at radius 2 is 1.74 bits per heavy atom. The molecule has 4 aromatic rings. The molecule has 3 heterocycles. The van der Waals surface area contributed by atoms with Crippen molar-refractivity contribution in [1.29, 1.82) is 0 Å². The molecule has 176 valence electrons. The number of aromatic hydroxyl groups is 1. The van der Waals surface area contributed by atoms with Gasteiger partial charge < -0.3 is 5.11 Å². The topological polar surface area (TPSA) is 129 Å². The molecule has 0 bridgehead atoms. The summed E-state index contributed by atoms with van der Waals surface area (Å²) in [6, 6.07) is 15.7. The van der Waals surface area contributed by atoms with Crippen molar-refractivity contribution in [3.05, 3.63) is 100 Å². The summed E-state index contributed by atoms with van der Waals surface area (Å²) in [5.41, 5.74) is 6.28. The van der Waals surface area contributed by atoms with Gasteiger partial charge in [0.1, 0.15) is 23.0 Å². The van der Waals surface area contributed by atoms with E-state index in [-0.39, 0.29) is 18.1 Å². The highest BCUT2D eigenvalue weighted by Crippen LogP contribution is 2.40. The number of phenols is 1. The van der Waals surface area contributed by atoms with Crippen LogP contribution in [0.3, 0.4) is 0 Å². The maximum absolute atomic E-state index is 13.2. The first kappa shape index (κ1) is 22.5. The Hall–Kier alpha value is -4.28. The Labute approximate surface area is 203 Å². The van der Waals surface area contributed by atoms with Crippen molar-refractivity contribution in [1.82, 2.24) is 25.1 Å². The molecule has 3 N–H and O–H groups in total. The number of aromatic nitrogens is 3. The normalized spacial score (nSPS) is 17.3. The highest BCUT2D eigenvalue weighted by atomic mass is 35.5. The average Bonchev–Trinajstić information content (AvgIpc) is 2.89. The number of carbonyl (C=O) groups is 2. The molecule has 1 fully saturated rings. The van der Waals surface area contributed by atoms with Crippen LogP contribution in [0.5, 0.6) is 5.75 Å². The zero-order valence-electron chi connectivity index (χ0n) is 18.1. The minimum absolute atomic E-state index is 0.00722. The number of halogens is 1. The summed E-state index contributed by atoms with van der Waals surface area (Å²) in [7, 11) is 0. The Bertz CT molecular complexity index is 1490. The molecule has 11 heteroatoms. The lowest BCUT2D eigenvalue weighted by molar-refractivity contribution is -0.151. The third-order valence-corrected chi connectivity index (χ3v) is 6.12. The molecule has 10 nitrogen and oxygen atoms in total. The number of carbonyl (C=O) groups excluding carboxylic acids is 2. The number of nitrogens with zero attached hydrogens (tertiary/aromatic N) is 4. The fourth-order valence-electron chi connectivity index (χ4n) is 3.90. The van der Waals surface area contributed by atoms with Gasteiger partial charge in [-0.05, 0) is 30.3 Å². The number of para-hydroxylation sites is 2. The number of phenolic OH excluding ortho intramolecular Hbond substituents is 1. The number of hydrogen-bond acceptors (Lipinski definition) is 7. The van der Waals surface area contributed by atoms with Gasteiger partial charge in [0.25, 0.3) is 17.4 Å². The van der Waals surface area contributed by atoms with Crippen molar-refractivity contribution >= 4 is 34.3 Å². The molecule has 2 unspecified atom stereocenters. The van der Waals surface area contributed by atoms with Crippen LogP contribution >= 0.6 is 11.6 Å². The molecule has 0 radical (unpaired) electrons. The van der Waals surface area contributed by atoms with Crippen molar-refractivity contribution in [2.24, 2.45) is 0 Å². The van der Waals surface area contributed by atoms with Crippen LogP contribution in [0.2, 0.25) is 0 Å². The molecule has 35 heavy (non-hydrogen) atoms. The second-order valence-corrected chi connectivity index (χ2v) is 8.28. The number of nitrogens with one attached hydrogen (secondary N) is 2. The van der Waals surface area contributed by atoms with Gasteiger partial charge >= 0.3 is 0 Å². The maximum atomic E-state index is 13.2. The van der Waals surface area contributed by atoms with E-state index in [1.165, 1.54) is 35.6 Å². The number of benzene rings is 2.